The van der Waals surface area contributed by atoms with Crippen LogP contribution in [0.15, 0.2) is 0 Å². The van der Waals surface area contributed by atoms with Gasteiger partial charge in [-0.05, 0) is 25.2 Å². The highest BCUT2D eigenvalue weighted by atomic mass is 16.2. The van der Waals surface area contributed by atoms with Gasteiger partial charge in [0.1, 0.15) is 0 Å². The van der Waals surface area contributed by atoms with Crippen molar-refractivity contribution in [1.82, 2.24) is 4.90 Å². The monoisotopic (exact) mass is 199 g/mol. The van der Waals surface area contributed by atoms with Crippen molar-refractivity contribution in [2.45, 2.75) is 53.4 Å². The molecule has 0 heterocycles. The molecule has 0 N–H and O–H groups in total. The summed E-state index contributed by atoms with van der Waals surface area (Å²) in [7, 11) is 0. The number of carbonyl (C=O) groups excluding carboxylic acids is 1. The lowest BCUT2D eigenvalue weighted by Crippen LogP contribution is -2.32. The first-order valence-corrected chi connectivity index (χ1v) is 5.89. The normalized spacial score (nSPS) is 10.6. The number of hydrogen-bond acceptors (Lipinski definition) is 1. The molecule has 0 unspecified atom stereocenters. The zero-order valence-corrected chi connectivity index (χ0v) is 10.2. The Labute approximate surface area is 88.7 Å². The lowest BCUT2D eigenvalue weighted by Gasteiger charge is -2.21. The summed E-state index contributed by atoms with van der Waals surface area (Å²) in [6, 6.07) is 0. The second-order valence-corrected chi connectivity index (χ2v) is 4.31. The van der Waals surface area contributed by atoms with E-state index < -0.39 is 0 Å². The molecule has 14 heavy (non-hydrogen) atoms. The smallest absolute Gasteiger partial charge is 0.222 e. The Bertz CT molecular complexity index is 148. The van der Waals surface area contributed by atoms with Crippen LogP contribution < -0.4 is 0 Å². The van der Waals surface area contributed by atoms with Crippen LogP contribution in [0.4, 0.5) is 0 Å². The van der Waals surface area contributed by atoms with E-state index in [1.54, 1.807) is 0 Å². The van der Waals surface area contributed by atoms with E-state index in [0.717, 1.165) is 38.8 Å². The van der Waals surface area contributed by atoms with E-state index in [2.05, 4.69) is 27.7 Å². The molecule has 0 aliphatic rings. The maximum atomic E-state index is 11.8. The van der Waals surface area contributed by atoms with Crippen molar-refractivity contribution in [3.63, 3.8) is 0 Å². The highest BCUT2D eigenvalue weighted by Gasteiger charge is 2.11. The van der Waals surface area contributed by atoms with Crippen LogP contribution in [0.3, 0.4) is 0 Å². The largest absolute Gasteiger partial charge is 0.343 e. The second kappa shape index (κ2) is 7.84. The van der Waals surface area contributed by atoms with Crippen molar-refractivity contribution >= 4 is 5.91 Å². The van der Waals surface area contributed by atoms with E-state index in [0.29, 0.717) is 11.8 Å². The van der Waals surface area contributed by atoms with Gasteiger partial charge in [-0.25, -0.2) is 0 Å². The molecule has 2 nitrogen and oxygen atoms in total. The van der Waals surface area contributed by atoms with E-state index in [4.69, 9.17) is 0 Å². The average Bonchev–Trinajstić information content (AvgIpc) is 2.14. The van der Waals surface area contributed by atoms with Crippen LogP contribution in [0.5, 0.6) is 0 Å². The van der Waals surface area contributed by atoms with Gasteiger partial charge in [-0.1, -0.05) is 27.7 Å². The third kappa shape index (κ3) is 6.01. The second-order valence-electron chi connectivity index (χ2n) is 4.31. The summed E-state index contributed by atoms with van der Waals surface area (Å²) in [4.78, 5) is 13.8. The first kappa shape index (κ1) is 13.5. The standard InChI is InChI=1S/C12H25NO/c1-5-9-13(10-6-2)12(14)8-7-11(3)4/h11H,5-10H2,1-4H3. The van der Waals surface area contributed by atoms with E-state index >= 15 is 0 Å². The molecule has 0 fully saturated rings. The molecule has 0 aliphatic heterocycles. The fraction of sp³-hybridized carbons (Fsp3) is 0.917. The highest BCUT2D eigenvalue weighted by molar-refractivity contribution is 5.76. The fourth-order valence-corrected chi connectivity index (χ4v) is 1.47. The minimum Gasteiger partial charge on any atom is -0.343 e. The van der Waals surface area contributed by atoms with E-state index in [1.807, 2.05) is 4.90 Å². The number of rotatable bonds is 7. The van der Waals surface area contributed by atoms with Gasteiger partial charge in [0.2, 0.25) is 5.91 Å². The first-order valence-electron chi connectivity index (χ1n) is 5.89. The van der Waals surface area contributed by atoms with Crippen molar-refractivity contribution in [3.05, 3.63) is 0 Å². The van der Waals surface area contributed by atoms with Gasteiger partial charge in [0, 0.05) is 19.5 Å². The molecule has 0 aliphatic carbocycles. The lowest BCUT2D eigenvalue weighted by atomic mass is 10.1. The SMILES string of the molecule is CCCN(CCC)C(=O)CCC(C)C. The third-order valence-corrected chi connectivity index (χ3v) is 2.28. The van der Waals surface area contributed by atoms with Gasteiger partial charge in [-0.15, -0.1) is 0 Å². The summed E-state index contributed by atoms with van der Waals surface area (Å²) in [5.74, 6) is 0.964. The zero-order valence-electron chi connectivity index (χ0n) is 10.2. The maximum absolute atomic E-state index is 11.8. The molecular formula is C12H25NO. The van der Waals surface area contributed by atoms with Crippen molar-refractivity contribution in [2.75, 3.05) is 13.1 Å². The number of nitrogens with zero attached hydrogens (tertiary/aromatic N) is 1. The Kier molecular flexibility index (Phi) is 7.54. The topological polar surface area (TPSA) is 20.3 Å². The molecule has 0 radical (unpaired) electrons. The van der Waals surface area contributed by atoms with Crippen LogP contribution >= 0.6 is 0 Å². The molecule has 0 rings (SSSR count). The minimum absolute atomic E-state index is 0.336. The van der Waals surface area contributed by atoms with E-state index in [1.165, 1.54) is 0 Å². The van der Waals surface area contributed by atoms with Crippen LogP contribution in [0, 0.1) is 5.92 Å². The maximum Gasteiger partial charge on any atom is 0.222 e. The molecule has 0 atom stereocenters. The van der Waals surface area contributed by atoms with Gasteiger partial charge in [-0.2, -0.15) is 0 Å². The molecule has 0 aromatic heterocycles. The van der Waals surface area contributed by atoms with Gasteiger partial charge >= 0.3 is 0 Å². The minimum atomic E-state index is 0.336. The molecule has 0 aromatic rings. The summed E-state index contributed by atoms with van der Waals surface area (Å²) in [5.41, 5.74) is 0. The summed E-state index contributed by atoms with van der Waals surface area (Å²) >= 11 is 0. The Balaban J connectivity index is 3.88. The summed E-state index contributed by atoms with van der Waals surface area (Å²) in [6.45, 7) is 10.4. The molecule has 0 aromatic carbocycles. The molecule has 1 amide bonds. The third-order valence-electron chi connectivity index (χ3n) is 2.28. The van der Waals surface area contributed by atoms with Gasteiger partial charge in [0.15, 0.2) is 0 Å². The van der Waals surface area contributed by atoms with Crippen LogP contribution in [0.1, 0.15) is 53.4 Å². The van der Waals surface area contributed by atoms with Gasteiger partial charge < -0.3 is 4.90 Å². The Hall–Kier alpha value is -0.530. The van der Waals surface area contributed by atoms with Gasteiger partial charge in [-0.3, -0.25) is 4.79 Å². The molecular weight excluding hydrogens is 174 g/mol. The number of carbonyl (C=O) groups is 1. The summed E-state index contributed by atoms with van der Waals surface area (Å²) in [5, 5.41) is 0. The number of amides is 1. The van der Waals surface area contributed by atoms with Gasteiger partial charge in [0.25, 0.3) is 0 Å². The first-order chi connectivity index (χ1) is 6.61. The quantitative estimate of drug-likeness (QED) is 0.617. The van der Waals surface area contributed by atoms with Crippen LogP contribution in [-0.2, 0) is 4.79 Å². The van der Waals surface area contributed by atoms with Crippen LogP contribution in [0.2, 0.25) is 0 Å². The van der Waals surface area contributed by atoms with Crippen molar-refractivity contribution < 1.29 is 4.79 Å². The molecule has 2 heteroatoms. The van der Waals surface area contributed by atoms with Crippen LogP contribution in [-0.4, -0.2) is 23.9 Å². The predicted molar refractivity (Wildman–Crippen MR) is 61.2 cm³/mol. The molecule has 0 bridgehead atoms. The summed E-state index contributed by atoms with van der Waals surface area (Å²) < 4.78 is 0. The average molecular weight is 199 g/mol. The lowest BCUT2D eigenvalue weighted by molar-refractivity contribution is -0.131. The Morgan fingerprint density at radius 2 is 1.64 bits per heavy atom. The van der Waals surface area contributed by atoms with Crippen molar-refractivity contribution in [1.29, 1.82) is 0 Å². The van der Waals surface area contributed by atoms with Gasteiger partial charge in [0.05, 0.1) is 0 Å². The van der Waals surface area contributed by atoms with E-state index in [9.17, 15) is 4.79 Å². The zero-order chi connectivity index (χ0) is 11.0. The fourth-order valence-electron chi connectivity index (χ4n) is 1.47. The molecule has 0 saturated carbocycles. The molecule has 0 spiro atoms. The van der Waals surface area contributed by atoms with Crippen molar-refractivity contribution in [2.24, 2.45) is 5.92 Å². The highest BCUT2D eigenvalue weighted by Crippen LogP contribution is 2.07. The number of hydrogen-bond donors (Lipinski definition) is 0. The Morgan fingerprint density at radius 3 is 2.00 bits per heavy atom. The van der Waals surface area contributed by atoms with Crippen LogP contribution in [0.25, 0.3) is 0 Å². The molecule has 0 saturated heterocycles. The van der Waals surface area contributed by atoms with Crippen molar-refractivity contribution in [3.8, 4) is 0 Å². The Morgan fingerprint density at radius 1 is 1.14 bits per heavy atom. The summed E-state index contributed by atoms with van der Waals surface area (Å²) in [6.07, 6.45) is 3.86. The predicted octanol–water partition coefficient (Wildman–Crippen LogP) is 3.07. The molecule has 84 valence electrons. The van der Waals surface area contributed by atoms with E-state index in [-0.39, 0.29) is 0 Å².